The Hall–Kier alpha value is 0.350. The lowest BCUT2D eigenvalue weighted by molar-refractivity contribution is 0.427. The second-order valence-electron chi connectivity index (χ2n) is 3.09. The molecule has 0 saturated heterocycles. The maximum atomic E-state index is 11.7. The van der Waals surface area contributed by atoms with Crippen LogP contribution in [0, 0.1) is 0 Å². The number of rotatable bonds is 7. The van der Waals surface area contributed by atoms with Crippen LogP contribution >= 0.6 is 15.9 Å². The molecule has 0 aromatic carbocycles. The maximum Gasteiger partial charge on any atom is 0.279 e. The van der Waals surface area contributed by atoms with Gasteiger partial charge in [0.05, 0.1) is 0 Å². The average Bonchev–Trinajstić information content (AvgIpc) is 2.04. The first-order valence-corrected chi connectivity index (χ1v) is 7.37. The van der Waals surface area contributed by atoms with Gasteiger partial charge in [-0.1, -0.05) is 29.8 Å². The van der Waals surface area contributed by atoms with Gasteiger partial charge in [0.1, 0.15) is 0 Å². The zero-order valence-corrected chi connectivity index (χ0v) is 11.4. The minimum Gasteiger partial charge on any atom is -0.199 e. The lowest BCUT2D eigenvalue weighted by atomic mass is 10.3. The molecule has 0 aromatic rings. The summed E-state index contributed by atoms with van der Waals surface area (Å²) in [6, 6.07) is -0.0278. The Labute approximate surface area is 95.4 Å². The molecule has 0 amide bonds. The van der Waals surface area contributed by atoms with Crippen molar-refractivity contribution in [2.45, 2.75) is 33.2 Å². The van der Waals surface area contributed by atoms with Gasteiger partial charge in [-0.3, -0.25) is 0 Å². The lowest BCUT2D eigenvalue weighted by Gasteiger charge is -2.21. The van der Waals surface area contributed by atoms with Crippen molar-refractivity contribution in [1.29, 1.82) is 0 Å². The molecule has 1 atom stereocenters. The van der Waals surface area contributed by atoms with Crippen molar-refractivity contribution in [2.24, 2.45) is 0 Å². The molecule has 0 aliphatic carbocycles. The Morgan fingerprint density at radius 1 is 1.36 bits per heavy atom. The highest BCUT2D eigenvalue weighted by Gasteiger charge is 2.20. The summed E-state index contributed by atoms with van der Waals surface area (Å²) >= 11 is 3.28. The van der Waals surface area contributed by atoms with Gasteiger partial charge in [-0.15, -0.1) is 0 Å². The van der Waals surface area contributed by atoms with Gasteiger partial charge >= 0.3 is 0 Å². The smallest absolute Gasteiger partial charge is 0.199 e. The fourth-order valence-corrected chi connectivity index (χ4v) is 3.26. The van der Waals surface area contributed by atoms with Crippen LogP contribution < -0.4 is 4.72 Å². The Kier molecular flexibility index (Phi) is 6.93. The molecule has 0 radical (unpaired) electrons. The number of hydrogen-bond acceptors (Lipinski definition) is 2. The monoisotopic (exact) mass is 286 g/mol. The van der Waals surface area contributed by atoms with E-state index >= 15 is 0 Å². The van der Waals surface area contributed by atoms with E-state index in [2.05, 4.69) is 20.7 Å². The van der Waals surface area contributed by atoms with Crippen LogP contribution in [-0.2, 0) is 10.2 Å². The van der Waals surface area contributed by atoms with Crippen LogP contribution in [-0.4, -0.2) is 37.2 Å². The Balaban J connectivity index is 4.32. The molecule has 0 aliphatic rings. The second-order valence-corrected chi connectivity index (χ2v) is 5.58. The van der Waals surface area contributed by atoms with E-state index in [4.69, 9.17) is 0 Å². The molecule has 4 nitrogen and oxygen atoms in total. The van der Waals surface area contributed by atoms with E-state index in [-0.39, 0.29) is 6.04 Å². The number of nitrogens with zero attached hydrogens (tertiary/aromatic N) is 1. The van der Waals surface area contributed by atoms with Gasteiger partial charge < -0.3 is 0 Å². The van der Waals surface area contributed by atoms with Crippen molar-refractivity contribution < 1.29 is 8.42 Å². The average molecular weight is 287 g/mol. The predicted molar refractivity (Wildman–Crippen MR) is 62.8 cm³/mol. The van der Waals surface area contributed by atoms with Gasteiger partial charge in [0.25, 0.3) is 10.2 Å². The molecule has 1 N–H and O–H groups in total. The molecular weight excluding hydrogens is 268 g/mol. The molecule has 0 heterocycles. The van der Waals surface area contributed by atoms with Crippen LogP contribution in [0.2, 0.25) is 0 Å². The number of hydrogen-bond donors (Lipinski definition) is 1. The third-order valence-electron chi connectivity index (χ3n) is 1.94. The van der Waals surface area contributed by atoms with E-state index in [0.717, 1.165) is 11.8 Å². The molecule has 0 aromatic heterocycles. The van der Waals surface area contributed by atoms with Gasteiger partial charge in [-0.05, 0) is 13.3 Å². The third-order valence-corrected chi connectivity index (χ3v) is 4.29. The number of halogens is 1. The largest absolute Gasteiger partial charge is 0.279 e. The molecular formula is C8H19BrN2O2S. The van der Waals surface area contributed by atoms with E-state index in [9.17, 15) is 8.42 Å². The molecule has 0 fully saturated rings. The third kappa shape index (κ3) is 4.72. The summed E-state index contributed by atoms with van der Waals surface area (Å²) in [5, 5.41) is 0.801. The van der Waals surface area contributed by atoms with Crippen molar-refractivity contribution in [3.05, 3.63) is 0 Å². The van der Waals surface area contributed by atoms with E-state index in [0.29, 0.717) is 13.1 Å². The minimum atomic E-state index is -3.28. The molecule has 0 rings (SSSR count). The molecule has 0 saturated carbocycles. The number of nitrogens with one attached hydrogen (secondary N) is 1. The normalized spacial score (nSPS) is 14.6. The van der Waals surface area contributed by atoms with Crippen molar-refractivity contribution >= 4 is 26.1 Å². The predicted octanol–water partition coefficient (Wildman–Crippen LogP) is 1.34. The second kappa shape index (κ2) is 6.76. The topological polar surface area (TPSA) is 49.4 Å². The van der Waals surface area contributed by atoms with Crippen LogP contribution in [0.15, 0.2) is 0 Å². The Morgan fingerprint density at radius 3 is 2.21 bits per heavy atom. The highest BCUT2D eigenvalue weighted by Crippen LogP contribution is 2.02. The van der Waals surface area contributed by atoms with Gasteiger partial charge in [-0.2, -0.15) is 17.4 Å². The Morgan fingerprint density at radius 2 is 1.86 bits per heavy atom. The molecule has 0 bridgehead atoms. The summed E-state index contributed by atoms with van der Waals surface area (Å²) in [5.41, 5.74) is 0. The number of alkyl halides is 1. The van der Waals surface area contributed by atoms with Crippen LogP contribution in [0.1, 0.15) is 27.2 Å². The Bertz CT molecular complexity index is 240. The highest BCUT2D eigenvalue weighted by atomic mass is 79.9. The molecule has 0 spiro atoms. The van der Waals surface area contributed by atoms with Crippen molar-refractivity contribution in [1.82, 2.24) is 9.03 Å². The molecule has 14 heavy (non-hydrogen) atoms. The van der Waals surface area contributed by atoms with E-state index in [1.54, 1.807) is 0 Å². The quantitative estimate of drug-likeness (QED) is 0.718. The molecule has 6 heteroatoms. The fourth-order valence-electron chi connectivity index (χ4n) is 1.11. The summed E-state index contributed by atoms with van der Waals surface area (Å²) in [4.78, 5) is 0. The van der Waals surface area contributed by atoms with Crippen molar-refractivity contribution in [3.63, 3.8) is 0 Å². The first-order valence-electron chi connectivity index (χ1n) is 4.81. The molecule has 86 valence electrons. The first-order chi connectivity index (χ1) is 6.47. The van der Waals surface area contributed by atoms with Crippen LogP contribution in [0.5, 0.6) is 0 Å². The highest BCUT2D eigenvalue weighted by molar-refractivity contribution is 9.09. The van der Waals surface area contributed by atoms with Gasteiger partial charge in [0, 0.05) is 24.5 Å². The summed E-state index contributed by atoms with van der Waals surface area (Å²) in [6.45, 7) is 6.54. The van der Waals surface area contributed by atoms with E-state index < -0.39 is 10.2 Å². The fraction of sp³-hybridized carbons (Fsp3) is 1.00. The van der Waals surface area contributed by atoms with Crippen molar-refractivity contribution in [3.8, 4) is 0 Å². The van der Waals surface area contributed by atoms with E-state index in [1.807, 2.05) is 20.8 Å². The zero-order valence-electron chi connectivity index (χ0n) is 8.96. The molecule has 1 unspecified atom stereocenters. The SMILES string of the molecule is CCN(CC)S(=O)(=O)NC(C)CCBr. The van der Waals surface area contributed by atoms with Crippen LogP contribution in [0.3, 0.4) is 0 Å². The zero-order chi connectivity index (χ0) is 11.2. The molecule has 0 aliphatic heterocycles. The van der Waals surface area contributed by atoms with Crippen LogP contribution in [0.25, 0.3) is 0 Å². The first kappa shape index (κ1) is 14.3. The maximum absolute atomic E-state index is 11.7. The van der Waals surface area contributed by atoms with Crippen molar-refractivity contribution in [2.75, 3.05) is 18.4 Å². The van der Waals surface area contributed by atoms with Gasteiger partial charge in [0.15, 0.2) is 0 Å². The summed E-state index contributed by atoms with van der Waals surface area (Å²) in [6.07, 6.45) is 0.792. The van der Waals surface area contributed by atoms with Crippen LogP contribution in [0.4, 0.5) is 0 Å². The lowest BCUT2D eigenvalue weighted by Crippen LogP contribution is -2.44. The minimum absolute atomic E-state index is 0.0278. The summed E-state index contributed by atoms with van der Waals surface area (Å²) < 4.78 is 27.4. The van der Waals surface area contributed by atoms with Gasteiger partial charge in [-0.25, -0.2) is 0 Å². The summed E-state index contributed by atoms with van der Waals surface area (Å²) in [5.74, 6) is 0. The standard InChI is InChI=1S/C8H19BrN2O2S/c1-4-11(5-2)14(12,13)10-8(3)6-7-9/h8,10H,4-7H2,1-3H3. The summed E-state index contributed by atoms with van der Waals surface area (Å²) in [7, 11) is -3.28. The van der Waals surface area contributed by atoms with Gasteiger partial charge in [0.2, 0.25) is 0 Å². The van der Waals surface area contributed by atoms with E-state index in [1.165, 1.54) is 4.31 Å².